The van der Waals surface area contributed by atoms with E-state index in [1.54, 1.807) is 0 Å². The van der Waals surface area contributed by atoms with Gasteiger partial charge in [-0.2, -0.15) is 74.6 Å². The Kier molecular flexibility index (Phi) is 11.5. The normalized spacial score (nSPS) is 15.0. The van der Waals surface area contributed by atoms with Crippen LogP contribution in [0.2, 0.25) is 0 Å². The number of rotatable bonds is 15. The second kappa shape index (κ2) is 13.0. The van der Waals surface area contributed by atoms with Crippen molar-refractivity contribution in [3.63, 3.8) is 0 Å². The molecular weight excluding hydrogens is 689 g/mol. The molecule has 1 unspecified atom stereocenters. The minimum Gasteiger partial charge on any atom is -0.464 e. The molecule has 0 saturated heterocycles. The number of hydrogen-bond acceptors (Lipinski definition) is 4. The number of hydrogen-bond donors (Lipinski definition) is 1. The molecule has 5 nitrogen and oxygen atoms in total. The van der Waals surface area contributed by atoms with Crippen LogP contribution in [0.3, 0.4) is 0 Å². The topological polar surface area (TPSA) is 72.5 Å². The highest BCUT2D eigenvalue weighted by molar-refractivity contribution is 6.08. The lowest BCUT2D eigenvalue weighted by Gasteiger charge is -2.42. The van der Waals surface area contributed by atoms with Crippen molar-refractivity contribution in [1.82, 2.24) is 5.32 Å². The standard InChI is InChI=1S/C24H20F17NO4/c1-11(2)14(43)13(42-15(44)12-7-4-3-5-8-12)16(45)46-10-6-9-17(25,26)18(27,28)19(29,30)20(31,32)21(33,34)22(35,36)23(37,38)24(39,40)41/h3-5,7-8,11,13H,6,9-10H2,1-2H3,(H,42,44). The van der Waals surface area contributed by atoms with Crippen LogP contribution in [-0.2, 0) is 14.3 Å². The van der Waals surface area contributed by atoms with E-state index in [1.165, 1.54) is 44.2 Å². The van der Waals surface area contributed by atoms with E-state index in [0.29, 0.717) is 0 Å². The Hall–Kier alpha value is -3.36. The monoisotopic (exact) mass is 709 g/mol. The lowest BCUT2D eigenvalue weighted by molar-refractivity contribution is -0.461. The van der Waals surface area contributed by atoms with Crippen molar-refractivity contribution in [2.75, 3.05) is 6.61 Å². The SMILES string of the molecule is CC(C)C(=O)C(NC(=O)c1ccccc1)C(=O)OCCCC(F)(F)C(F)(F)C(F)(F)C(F)(F)C(F)(F)C(F)(F)C(F)(F)C(F)(F)F. The molecule has 264 valence electrons. The quantitative estimate of drug-likeness (QED) is 0.0896. The number of halogens is 17. The first-order valence-electron chi connectivity index (χ1n) is 12.1. The maximum Gasteiger partial charge on any atom is 0.460 e. The van der Waals surface area contributed by atoms with E-state index < -0.39 is 96.7 Å². The van der Waals surface area contributed by atoms with Crippen molar-refractivity contribution in [3.8, 4) is 0 Å². The molecule has 22 heteroatoms. The fourth-order valence-electron chi connectivity index (χ4n) is 3.29. The lowest BCUT2D eigenvalue weighted by atomic mass is 9.88. The van der Waals surface area contributed by atoms with E-state index in [1.807, 2.05) is 5.32 Å². The van der Waals surface area contributed by atoms with Crippen LogP contribution in [0.15, 0.2) is 30.3 Å². The fourth-order valence-corrected chi connectivity index (χ4v) is 3.29. The van der Waals surface area contributed by atoms with Gasteiger partial charge >= 0.3 is 53.6 Å². The molecule has 0 bridgehead atoms. The summed E-state index contributed by atoms with van der Waals surface area (Å²) in [5.41, 5.74) is -0.123. The summed E-state index contributed by atoms with van der Waals surface area (Å²) >= 11 is 0. The van der Waals surface area contributed by atoms with Crippen molar-refractivity contribution in [2.24, 2.45) is 5.92 Å². The number of amides is 1. The van der Waals surface area contributed by atoms with Crippen LogP contribution in [-0.4, -0.2) is 77.9 Å². The summed E-state index contributed by atoms with van der Waals surface area (Å²) in [6.45, 7) is 0.862. The maximum absolute atomic E-state index is 14.0. The number of Topliss-reactive ketones (excluding diaryl/α,β-unsaturated/α-hetero) is 1. The summed E-state index contributed by atoms with van der Waals surface area (Å²) in [7, 11) is 0. The van der Waals surface area contributed by atoms with Gasteiger partial charge in [-0.15, -0.1) is 0 Å². The first-order chi connectivity index (χ1) is 20.4. The largest absolute Gasteiger partial charge is 0.464 e. The molecule has 0 spiro atoms. The molecular formula is C24H20F17NO4. The molecule has 0 fully saturated rings. The molecule has 1 atom stereocenters. The third kappa shape index (κ3) is 6.98. The van der Waals surface area contributed by atoms with Crippen LogP contribution >= 0.6 is 0 Å². The lowest BCUT2D eigenvalue weighted by Crippen LogP contribution is -2.74. The summed E-state index contributed by atoms with van der Waals surface area (Å²) in [5.74, 6) is -62.2. The number of ketones is 1. The molecule has 1 aromatic rings. The summed E-state index contributed by atoms with van der Waals surface area (Å²) in [6.07, 6.45) is -12.4. The maximum atomic E-state index is 14.0. The van der Waals surface area contributed by atoms with E-state index in [2.05, 4.69) is 4.74 Å². The van der Waals surface area contributed by atoms with Gasteiger partial charge in [0.15, 0.2) is 11.8 Å². The zero-order chi connectivity index (χ0) is 36.5. The molecule has 0 heterocycles. The first kappa shape index (κ1) is 40.7. The van der Waals surface area contributed by atoms with E-state index >= 15 is 0 Å². The number of esters is 1. The first-order valence-corrected chi connectivity index (χ1v) is 12.1. The molecule has 0 aromatic heterocycles. The third-order valence-electron chi connectivity index (χ3n) is 6.07. The summed E-state index contributed by atoms with van der Waals surface area (Å²) in [6, 6.07) is 4.40. The molecule has 1 amide bonds. The van der Waals surface area contributed by atoms with Gasteiger partial charge in [0.25, 0.3) is 5.91 Å². The molecule has 1 rings (SSSR count). The van der Waals surface area contributed by atoms with Gasteiger partial charge in [-0.3, -0.25) is 9.59 Å². The minimum atomic E-state index is -8.74. The second-order valence-electron chi connectivity index (χ2n) is 9.75. The second-order valence-corrected chi connectivity index (χ2v) is 9.75. The highest BCUT2D eigenvalue weighted by Crippen LogP contribution is 2.64. The Morgan fingerprint density at radius 2 is 1.07 bits per heavy atom. The minimum absolute atomic E-state index is 0.123. The fraction of sp³-hybridized carbons (Fsp3) is 0.625. The van der Waals surface area contributed by atoms with Gasteiger partial charge in [0.1, 0.15) is 0 Å². The average Bonchev–Trinajstić information content (AvgIpc) is 2.92. The van der Waals surface area contributed by atoms with Gasteiger partial charge in [0.2, 0.25) is 0 Å². The number of alkyl halides is 17. The zero-order valence-electron chi connectivity index (χ0n) is 22.7. The molecule has 0 aliphatic heterocycles. The van der Waals surface area contributed by atoms with Gasteiger partial charge in [0.05, 0.1) is 6.61 Å². The third-order valence-corrected chi connectivity index (χ3v) is 6.07. The molecule has 0 aliphatic rings. The number of nitrogens with one attached hydrogen (secondary N) is 1. The van der Waals surface area contributed by atoms with Gasteiger partial charge in [0, 0.05) is 17.9 Å². The van der Waals surface area contributed by atoms with Crippen molar-refractivity contribution >= 4 is 17.7 Å². The number of carbonyl (C=O) groups excluding carboxylic acids is 3. The summed E-state index contributed by atoms with van der Waals surface area (Å²) in [5, 5.41) is 1.91. The van der Waals surface area contributed by atoms with E-state index in [9.17, 15) is 89.0 Å². The van der Waals surface area contributed by atoms with Crippen molar-refractivity contribution in [2.45, 2.75) is 80.4 Å². The molecule has 0 saturated carbocycles. The Morgan fingerprint density at radius 3 is 1.48 bits per heavy atom. The molecule has 1 N–H and O–H groups in total. The predicted molar refractivity (Wildman–Crippen MR) is 118 cm³/mol. The highest BCUT2D eigenvalue weighted by atomic mass is 19.4. The number of benzene rings is 1. The molecule has 46 heavy (non-hydrogen) atoms. The van der Waals surface area contributed by atoms with Gasteiger partial charge in [-0.05, 0) is 18.6 Å². The van der Waals surface area contributed by atoms with Crippen LogP contribution < -0.4 is 5.32 Å². The van der Waals surface area contributed by atoms with E-state index in [-0.39, 0.29) is 5.56 Å². The van der Waals surface area contributed by atoms with Gasteiger partial charge in [-0.25, -0.2) is 4.79 Å². The smallest absolute Gasteiger partial charge is 0.460 e. The van der Waals surface area contributed by atoms with Crippen molar-refractivity contribution < 1.29 is 93.8 Å². The Balaban J connectivity index is 3.17. The van der Waals surface area contributed by atoms with Gasteiger partial charge < -0.3 is 10.1 Å². The predicted octanol–water partition coefficient (Wildman–Crippen LogP) is 7.34. The van der Waals surface area contributed by atoms with E-state index in [0.717, 1.165) is 0 Å². The van der Waals surface area contributed by atoms with Crippen molar-refractivity contribution in [1.29, 1.82) is 0 Å². The van der Waals surface area contributed by atoms with Crippen LogP contribution in [0.4, 0.5) is 74.6 Å². The average molecular weight is 709 g/mol. The van der Waals surface area contributed by atoms with Crippen LogP contribution in [0.5, 0.6) is 0 Å². The number of ether oxygens (including phenoxy) is 1. The van der Waals surface area contributed by atoms with Crippen LogP contribution in [0.25, 0.3) is 0 Å². The van der Waals surface area contributed by atoms with Crippen molar-refractivity contribution in [3.05, 3.63) is 35.9 Å². The molecule has 0 radical (unpaired) electrons. The van der Waals surface area contributed by atoms with E-state index in [4.69, 9.17) is 0 Å². The summed E-state index contributed by atoms with van der Waals surface area (Å²) < 4.78 is 231. The van der Waals surface area contributed by atoms with Crippen LogP contribution in [0, 0.1) is 5.92 Å². The Bertz CT molecular complexity index is 1250. The van der Waals surface area contributed by atoms with Gasteiger partial charge in [-0.1, -0.05) is 32.0 Å². The molecule has 1 aromatic carbocycles. The van der Waals surface area contributed by atoms with Crippen LogP contribution in [0.1, 0.15) is 37.0 Å². The summed E-state index contributed by atoms with van der Waals surface area (Å²) in [4.78, 5) is 36.9. The Labute approximate surface area is 246 Å². The molecule has 0 aliphatic carbocycles. The number of carbonyl (C=O) groups is 3. The zero-order valence-corrected chi connectivity index (χ0v) is 22.7. The highest BCUT2D eigenvalue weighted by Gasteiger charge is 2.95. The Morgan fingerprint density at radius 1 is 0.652 bits per heavy atom.